The van der Waals surface area contributed by atoms with Gasteiger partial charge in [0, 0.05) is 11.4 Å². The average Bonchev–Trinajstić information content (AvgIpc) is 3.53. The van der Waals surface area contributed by atoms with Crippen LogP contribution in [0.3, 0.4) is 0 Å². The van der Waals surface area contributed by atoms with Crippen LogP contribution in [0.1, 0.15) is 56.9 Å². The molecule has 188 valence electrons. The number of amides is 2. The molecule has 0 radical (unpaired) electrons. The van der Waals surface area contributed by atoms with Crippen molar-refractivity contribution in [3.05, 3.63) is 63.9 Å². The van der Waals surface area contributed by atoms with Gasteiger partial charge in [-0.25, -0.2) is 9.59 Å². The lowest BCUT2D eigenvalue weighted by Crippen LogP contribution is -2.39. The third kappa shape index (κ3) is 4.49. The molecule has 0 saturated carbocycles. The van der Waals surface area contributed by atoms with Gasteiger partial charge in [-0.3, -0.25) is 4.79 Å². The van der Waals surface area contributed by atoms with E-state index < -0.39 is 12.1 Å². The molecule has 0 spiro atoms. The number of nitrogens with zero attached hydrogens (tertiary/aromatic N) is 1. The van der Waals surface area contributed by atoms with E-state index in [9.17, 15) is 14.4 Å². The summed E-state index contributed by atoms with van der Waals surface area (Å²) in [5.41, 5.74) is 2.33. The number of esters is 1. The number of hydrogen-bond donors (Lipinski definition) is 2. The molecule has 2 aliphatic heterocycles. The van der Waals surface area contributed by atoms with Crippen LogP contribution in [0.25, 0.3) is 0 Å². The molecule has 2 amide bonds. The fraction of sp³-hybridized carbons (Fsp3) is 0.320. The Labute approximate surface area is 211 Å². The summed E-state index contributed by atoms with van der Waals surface area (Å²) in [6.07, 6.45) is 1.12. The van der Waals surface area contributed by atoms with Crippen molar-refractivity contribution in [1.29, 1.82) is 0 Å². The normalized spacial score (nSPS) is 16.3. The zero-order valence-corrected chi connectivity index (χ0v) is 20.6. The van der Waals surface area contributed by atoms with Gasteiger partial charge in [0.25, 0.3) is 5.91 Å². The zero-order valence-electron chi connectivity index (χ0n) is 19.8. The number of anilines is 1. The van der Waals surface area contributed by atoms with Gasteiger partial charge < -0.3 is 34.2 Å². The second-order valence-electron chi connectivity index (χ2n) is 8.14. The monoisotopic (exact) mass is 511 g/mol. The summed E-state index contributed by atoms with van der Waals surface area (Å²) in [6.45, 7) is 5.19. The van der Waals surface area contributed by atoms with Crippen molar-refractivity contribution in [2.24, 2.45) is 0 Å². The van der Waals surface area contributed by atoms with Gasteiger partial charge in [-0.15, -0.1) is 11.3 Å². The first-order chi connectivity index (χ1) is 17.5. The van der Waals surface area contributed by atoms with E-state index in [-0.39, 0.29) is 23.5 Å². The minimum atomic E-state index is -0.636. The predicted octanol–water partition coefficient (Wildman–Crippen LogP) is 4.33. The van der Waals surface area contributed by atoms with Gasteiger partial charge in [0.15, 0.2) is 11.5 Å². The van der Waals surface area contributed by atoms with Gasteiger partial charge in [-0.2, -0.15) is 0 Å². The Kier molecular flexibility index (Phi) is 6.55. The molecule has 1 unspecified atom stereocenters. The number of carbonyl (C=O) groups is 3. The number of thiophene rings is 1. The molecule has 11 heteroatoms. The molecule has 0 bridgehead atoms. The lowest BCUT2D eigenvalue weighted by Gasteiger charge is -2.28. The van der Waals surface area contributed by atoms with Crippen LogP contribution >= 0.6 is 11.3 Å². The summed E-state index contributed by atoms with van der Waals surface area (Å²) >= 11 is 1.47. The van der Waals surface area contributed by atoms with E-state index in [1.54, 1.807) is 36.1 Å². The first-order valence-electron chi connectivity index (χ1n) is 11.6. The highest BCUT2D eigenvalue weighted by Gasteiger charge is 2.34. The lowest BCUT2D eigenvalue weighted by molar-refractivity contribution is 0.0694. The molecule has 2 aliphatic rings. The fourth-order valence-corrected chi connectivity index (χ4v) is 5.54. The van der Waals surface area contributed by atoms with E-state index in [4.69, 9.17) is 18.6 Å². The number of benzene rings is 1. The minimum Gasteiger partial charge on any atom is -0.490 e. The Balaban J connectivity index is 1.37. The van der Waals surface area contributed by atoms with Crippen LogP contribution < -0.4 is 20.1 Å². The quantitative estimate of drug-likeness (QED) is 0.371. The largest absolute Gasteiger partial charge is 0.490 e. The average molecular weight is 512 g/mol. The van der Waals surface area contributed by atoms with E-state index in [0.29, 0.717) is 44.0 Å². The summed E-state index contributed by atoms with van der Waals surface area (Å²) in [5.74, 6) is -0.119. The van der Waals surface area contributed by atoms with Crippen molar-refractivity contribution >= 4 is 34.3 Å². The van der Waals surface area contributed by atoms with E-state index in [1.807, 2.05) is 6.92 Å². The van der Waals surface area contributed by atoms with E-state index in [1.165, 1.54) is 23.7 Å². The number of fused-ring (bicyclic) bond motifs is 3. The molecule has 0 fully saturated rings. The van der Waals surface area contributed by atoms with E-state index >= 15 is 0 Å². The first-order valence-corrected chi connectivity index (χ1v) is 12.5. The Bertz CT molecular complexity index is 1300. The maximum absolute atomic E-state index is 13.1. The maximum atomic E-state index is 13.1. The second-order valence-corrected chi connectivity index (χ2v) is 9.24. The van der Waals surface area contributed by atoms with Gasteiger partial charge in [0.1, 0.15) is 11.2 Å². The molecule has 4 heterocycles. The highest BCUT2D eigenvalue weighted by Crippen LogP contribution is 2.41. The molecule has 2 N–H and O–H groups in total. The Hall–Kier alpha value is -3.99. The number of rotatable bonds is 6. The van der Waals surface area contributed by atoms with Crippen LogP contribution in [0.4, 0.5) is 9.80 Å². The van der Waals surface area contributed by atoms with Crippen molar-refractivity contribution < 1.29 is 33.0 Å². The van der Waals surface area contributed by atoms with E-state index in [0.717, 1.165) is 21.0 Å². The van der Waals surface area contributed by atoms with Gasteiger partial charge in [-0.05, 0) is 55.7 Å². The smallest absolute Gasteiger partial charge is 0.410 e. The predicted molar refractivity (Wildman–Crippen MR) is 131 cm³/mol. The number of furan rings is 1. The number of hydrogen-bond acceptors (Lipinski definition) is 9. The van der Waals surface area contributed by atoms with Crippen LogP contribution in [0.15, 0.2) is 41.0 Å². The Morgan fingerprint density at radius 2 is 2.03 bits per heavy atom. The van der Waals surface area contributed by atoms with Gasteiger partial charge in [0.05, 0.1) is 31.6 Å². The molecule has 36 heavy (non-hydrogen) atoms. The number of nitrogens with one attached hydrogen (secondary N) is 2. The Morgan fingerprint density at radius 1 is 1.17 bits per heavy atom. The number of carbonyl (C=O) groups excluding carboxylic acids is 3. The second kappa shape index (κ2) is 9.94. The summed E-state index contributed by atoms with van der Waals surface area (Å²) < 4.78 is 21.4. The van der Waals surface area contributed by atoms with Gasteiger partial charge in [-0.1, -0.05) is 6.07 Å². The highest BCUT2D eigenvalue weighted by molar-refractivity contribution is 7.16. The van der Waals surface area contributed by atoms with Crippen LogP contribution in [0.2, 0.25) is 0 Å². The standard InChI is InChI=1S/C25H25N3O7S/c1-3-32-18-12-14(7-8-16(18)35-24(30)17-6-5-11-34-17)21-26-22(29)20-15-9-10-28(25(31)33-4-2)13-19(15)36-23(20)27-21/h5-8,11-12,21,27H,3-4,9-10,13H2,1-2H3,(H,26,29). The molecule has 1 atom stereocenters. The van der Waals surface area contributed by atoms with Crippen molar-refractivity contribution in [3.8, 4) is 11.5 Å². The maximum Gasteiger partial charge on any atom is 0.410 e. The minimum absolute atomic E-state index is 0.0819. The van der Waals surface area contributed by atoms with Crippen molar-refractivity contribution in [2.75, 3.05) is 25.1 Å². The zero-order chi connectivity index (χ0) is 25.2. The molecule has 1 aromatic carbocycles. The number of ether oxygens (including phenoxy) is 3. The van der Waals surface area contributed by atoms with Crippen LogP contribution in [-0.2, 0) is 17.7 Å². The molecule has 0 aliphatic carbocycles. The lowest BCUT2D eigenvalue weighted by atomic mass is 10.0. The van der Waals surface area contributed by atoms with Crippen LogP contribution in [0.5, 0.6) is 11.5 Å². The fourth-order valence-electron chi connectivity index (χ4n) is 4.25. The summed E-state index contributed by atoms with van der Waals surface area (Å²) in [6, 6.07) is 8.23. The SMILES string of the molecule is CCOC(=O)N1CCc2c(sc3c2C(=O)NC(c2ccc(OC(=O)c4ccco4)c(OCC)c2)N3)C1. The third-order valence-electron chi connectivity index (χ3n) is 5.89. The topological polar surface area (TPSA) is 119 Å². The highest BCUT2D eigenvalue weighted by atomic mass is 32.1. The molecule has 3 aromatic rings. The summed E-state index contributed by atoms with van der Waals surface area (Å²) in [4.78, 5) is 40.2. The molecule has 10 nitrogen and oxygen atoms in total. The molecule has 5 rings (SSSR count). The summed E-state index contributed by atoms with van der Waals surface area (Å²) in [5, 5.41) is 7.16. The van der Waals surface area contributed by atoms with Crippen molar-refractivity contribution in [1.82, 2.24) is 10.2 Å². The van der Waals surface area contributed by atoms with Crippen LogP contribution in [-0.4, -0.2) is 42.6 Å². The third-order valence-corrected chi connectivity index (χ3v) is 7.03. The molecular weight excluding hydrogens is 486 g/mol. The Morgan fingerprint density at radius 3 is 2.78 bits per heavy atom. The van der Waals surface area contributed by atoms with Crippen molar-refractivity contribution in [2.45, 2.75) is 33.0 Å². The van der Waals surface area contributed by atoms with Gasteiger partial charge >= 0.3 is 12.1 Å². The van der Waals surface area contributed by atoms with E-state index in [2.05, 4.69) is 10.6 Å². The molecular formula is C25H25N3O7S. The van der Waals surface area contributed by atoms with Crippen molar-refractivity contribution in [3.63, 3.8) is 0 Å². The summed E-state index contributed by atoms with van der Waals surface area (Å²) in [7, 11) is 0. The van der Waals surface area contributed by atoms with Gasteiger partial charge in [0.2, 0.25) is 5.76 Å². The molecule has 2 aromatic heterocycles. The first kappa shape index (κ1) is 23.7. The molecule has 0 saturated heterocycles. The van der Waals surface area contributed by atoms with Crippen LogP contribution in [0, 0.1) is 0 Å².